The molecule has 0 aromatic heterocycles. The lowest BCUT2D eigenvalue weighted by Gasteiger charge is -2.22. The van der Waals surface area contributed by atoms with Gasteiger partial charge in [-0.25, -0.2) is 0 Å². The van der Waals surface area contributed by atoms with E-state index in [1.54, 1.807) is 0 Å². The smallest absolute Gasteiger partial charge is 0.0594 e. The molecule has 0 aliphatic rings. The maximum absolute atomic E-state index is 5.65. The predicted molar refractivity (Wildman–Crippen MR) is 75.6 cm³/mol. The molecule has 0 radical (unpaired) electrons. The van der Waals surface area contributed by atoms with Crippen molar-refractivity contribution >= 4 is 0 Å². The average Bonchev–Trinajstić information content (AvgIpc) is 2.22. The molecule has 0 aliphatic heterocycles. The zero-order valence-corrected chi connectivity index (χ0v) is 12.5. The van der Waals surface area contributed by atoms with E-state index in [-0.39, 0.29) is 5.54 Å². The van der Waals surface area contributed by atoms with Crippen molar-refractivity contribution in [2.75, 3.05) is 39.4 Å². The second kappa shape index (κ2) is 9.86. The van der Waals surface area contributed by atoms with Crippen LogP contribution in [0.5, 0.6) is 0 Å². The molecular formula is C14H32N2O. The molecule has 0 saturated heterocycles. The fourth-order valence-electron chi connectivity index (χ4n) is 1.76. The first-order chi connectivity index (χ1) is 7.99. The van der Waals surface area contributed by atoms with Gasteiger partial charge in [0.1, 0.15) is 0 Å². The van der Waals surface area contributed by atoms with E-state index in [1.165, 1.54) is 25.9 Å². The standard InChI is InChI=1S/C14H32N2O/c1-6-9-16(10-7-2)11-13-17-12-8-15-14(3,4)5/h15H,6-13H2,1-5H3. The Morgan fingerprint density at radius 2 is 1.53 bits per heavy atom. The third kappa shape index (κ3) is 12.1. The van der Waals surface area contributed by atoms with Crippen molar-refractivity contribution < 1.29 is 4.74 Å². The molecule has 0 saturated carbocycles. The minimum absolute atomic E-state index is 0.194. The number of nitrogens with one attached hydrogen (secondary N) is 1. The Morgan fingerprint density at radius 3 is 2.00 bits per heavy atom. The third-order valence-electron chi connectivity index (χ3n) is 2.53. The van der Waals surface area contributed by atoms with Gasteiger partial charge >= 0.3 is 0 Å². The molecule has 0 unspecified atom stereocenters. The Morgan fingerprint density at radius 1 is 0.941 bits per heavy atom. The summed E-state index contributed by atoms with van der Waals surface area (Å²) in [7, 11) is 0. The normalized spacial score (nSPS) is 12.4. The van der Waals surface area contributed by atoms with Crippen LogP contribution in [0.25, 0.3) is 0 Å². The second-order valence-electron chi connectivity index (χ2n) is 5.63. The lowest BCUT2D eigenvalue weighted by Crippen LogP contribution is -2.38. The maximum Gasteiger partial charge on any atom is 0.0594 e. The largest absolute Gasteiger partial charge is 0.379 e. The first-order valence-corrected chi connectivity index (χ1v) is 7.04. The van der Waals surface area contributed by atoms with Crippen LogP contribution in [-0.2, 0) is 4.74 Å². The summed E-state index contributed by atoms with van der Waals surface area (Å²) in [6, 6.07) is 0. The van der Waals surface area contributed by atoms with Gasteiger partial charge in [-0.15, -0.1) is 0 Å². The molecule has 0 amide bonds. The molecule has 17 heavy (non-hydrogen) atoms. The Bertz CT molecular complexity index is 160. The van der Waals surface area contributed by atoms with Gasteiger partial charge in [0.15, 0.2) is 0 Å². The monoisotopic (exact) mass is 244 g/mol. The lowest BCUT2D eigenvalue weighted by atomic mass is 10.1. The Labute approximate surface area is 108 Å². The molecule has 0 fully saturated rings. The highest BCUT2D eigenvalue weighted by Crippen LogP contribution is 1.97. The number of nitrogens with zero attached hydrogens (tertiary/aromatic N) is 1. The van der Waals surface area contributed by atoms with Gasteiger partial charge in [-0.05, 0) is 46.7 Å². The highest BCUT2D eigenvalue weighted by molar-refractivity contribution is 4.69. The van der Waals surface area contributed by atoms with Crippen molar-refractivity contribution in [1.82, 2.24) is 10.2 Å². The van der Waals surface area contributed by atoms with Crippen LogP contribution in [-0.4, -0.2) is 49.8 Å². The topological polar surface area (TPSA) is 24.5 Å². The van der Waals surface area contributed by atoms with E-state index in [2.05, 4.69) is 44.8 Å². The molecule has 0 bridgehead atoms. The zero-order valence-electron chi connectivity index (χ0n) is 12.5. The molecule has 0 aliphatic carbocycles. The van der Waals surface area contributed by atoms with Crippen molar-refractivity contribution in [2.24, 2.45) is 0 Å². The molecule has 0 atom stereocenters. The van der Waals surface area contributed by atoms with E-state index < -0.39 is 0 Å². The Kier molecular flexibility index (Phi) is 9.79. The summed E-state index contributed by atoms with van der Waals surface area (Å²) in [5.41, 5.74) is 0.194. The van der Waals surface area contributed by atoms with E-state index in [0.29, 0.717) is 0 Å². The fourth-order valence-corrected chi connectivity index (χ4v) is 1.76. The van der Waals surface area contributed by atoms with Gasteiger partial charge in [0.25, 0.3) is 0 Å². The summed E-state index contributed by atoms with van der Waals surface area (Å²) < 4.78 is 5.65. The van der Waals surface area contributed by atoms with Crippen LogP contribution in [0.1, 0.15) is 47.5 Å². The van der Waals surface area contributed by atoms with Gasteiger partial charge in [0.2, 0.25) is 0 Å². The molecule has 0 heterocycles. The van der Waals surface area contributed by atoms with Gasteiger partial charge in [0, 0.05) is 18.6 Å². The molecule has 104 valence electrons. The van der Waals surface area contributed by atoms with Crippen LogP contribution in [0.2, 0.25) is 0 Å². The summed E-state index contributed by atoms with van der Waals surface area (Å²) in [5, 5.41) is 3.42. The van der Waals surface area contributed by atoms with Crippen molar-refractivity contribution in [2.45, 2.75) is 53.0 Å². The van der Waals surface area contributed by atoms with Crippen LogP contribution >= 0.6 is 0 Å². The molecule has 0 spiro atoms. The molecule has 3 nitrogen and oxygen atoms in total. The third-order valence-corrected chi connectivity index (χ3v) is 2.53. The minimum atomic E-state index is 0.194. The van der Waals surface area contributed by atoms with Crippen molar-refractivity contribution in [3.05, 3.63) is 0 Å². The number of rotatable bonds is 10. The second-order valence-corrected chi connectivity index (χ2v) is 5.63. The maximum atomic E-state index is 5.65. The van der Waals surface area contributed by atoms with Crippen LogP contribution in [0.3, 0.4) is 0 Å². The lowest BCUT2D eigenvalue weighted by molar-refractivity contribution is 0.102. The zero-order chi connectivity index (χ0) is 13.1. The highest BCUT2D eigenvalue weighted by Gasteiger charge is 2.07. The molecule has 0 rings (SSSR count). The van der Waals surface area contributed by atoms with Crippen LogP contribution in [0.15, 0.2) is 0 Å². The summed E-state index contributed by atoms with van der Waals surface area (Å²) >= 11 is 0. The van der Waals surface area contributed by atoms with Gasteiger partial charge in [0.05, 0.1) is 13.2 Å². The molecule has 0 aromatic carbocycles. The van der Waals surface area contributed by atoms with Crippen molar-refractivity contribution in [3.63, 3.8) is 0 Å². The first kappa shape index (κ1) is 16.9. The highest BCUT2D eigenvalue weighted by atomic mass is 16.5. The number of hydrogen-bond acceptors (Lipinski definition) is 3. The van der Waals surface area contributed by atoms with E-state index in [9.17, 15) is 0 Å². The summed E-state index contributed by atoms with van der Waals surface area (Å²) in [6.07, 6.45) is 2.46. The van der Waals surface area contributed by atoms with Gasteiger partial charge < -0.3 is 15.0 Å². The van der Waals surface area contributed by atoms with Gasteiger partial charge in [-0.3, -0.25) is 0 Å². The Hall–Kier alpha value is -0.120. The van der Waals surface area contributed by atoms with Crippen molar-refractivity contribution in [1.29, 1.82) is 0 Å². The first-order valence-electron chi connectivity index (χ1n) is 7.04. The fraction of sp³-hybridized carbons (Fsp3) is 1.00. The van der Waals surface area contributed by atoms with Crippen LogP contribution < -0.4 is 5.32 Å². The summed E-state index contributed by atoms with van der Waals surface area (Å²) in [5.74, 6) is 0. The van der Waals surface area contributed by atoms with Gasteiger partial charge in [-0.1, -0.05) is 13.8 Å². The van der Waals surface area contributed by atoms with Crippen LogP contribution in [0.4, 0.5) is 0 Å². The summed E-state index contributed by atoms with van der Waals surface area (Å²) in [6.45, 7) is 17.0. The van der Waals surface area contributed by atoms with Gasteiger partial charge in [-0.2, -0.15) is 0 Å². The molecule has 1 N–H and O–H groups in total. The van der Waals surface area contributed by atoms with E-state index >= 15 is 0 Å². The summed E-state index contributed by atoms with van der Waals surface area (Å²) in [4.78, 5) is 2.48. The average molecular weight is 244 g/mol. The molecule has 0 aromatic rings. The minimum Gasteiger partial charge on any atom is -0.379 e. The van der Waals surface area contributed by atoms with E-state index in [1.807, 2.05) is 0 Å². The van der Waals surface area contributed by atoms with E-state index in [4.69, 9.17) is 4.74 Å². The predicted octanol–water partition coefficient (Wildman–Crippen LogP) is 2.51. The quantitative estimate of drug-likeness (QED) is 0.598. The Balaban J connectivity index is 3.41. The number of ether oxygens (including phenoxy) is 1. The van der Waals surface area contributed by atoms with Crippen LogP contribution in [0, 0.1) is 0 Å². The molecular weight excluding hydrogens is 212 g/mol. The van der Waals surface area contributed by atoms with Crippen molar-refractivity contribution in [3.8, 4) is 0 Å². The SMILES string of the molecule is CCCN(CCC)CCOCCNC(C)(C)C. The van der Waals surface area contributed by atoms with E-state index in [0.717, 1.165) is 26.3 Å². The molecule has 3 heteroatoms. The number of hydrogen-bond donors (Lipinski definition) is 1.